The zero-order chi connectivity index (χ0) is 13.9. The van der Waals surface area contributed by atoms with Crippen LogP contribution in [0.15, 0.2) is 36.5 Å². The molecule has 1 atom stereocenters. The number of benzene rings is 1. The Labute approximate surface area is 118 Å². The van der Waals surface area contributed by atoms with Gasteiger partial charge in [0, 0.05) is 19.2 Å². The molecule has 0 bridgehead atoms. The number of carbonyl (C=O) groups excluding carboxylic acids is 1. The van der Waals surface area contributed by atoms with Gasteiger partial charge in [0.1, 0.15) is 11.5 Å². The van der Waals surface area contributed by atoms with Gasteiger partial charge in [-0.1, -0.05) is 30.3 Å². The third kappa shape index (κ3) is 2.59. The zero-order valence-corrected chi connectivity index (χ0v) is 11.7. The SMILES string of the molecule is CC(NC(=O)c1cn2c(n1)CCCC2)c1ccccc1. The number of carbonyl (C=O) groups is 1. The Bertz CT molecular complexity index is 580. The molecule has 0 spiro atoms. The van der Waals surface area contributed by atoms with Crippen LogP contribution >= 0.6 is 0 Å². The van der Waals surface area contributed by atoms with Crippen molar-refractivity contribution < 1.29 is 4.79 Å². The van der Waals surface area contributed by atoms with E-state index in [1.807, 2.05) is 43.5 Å². The second kappa shape index (κ2) is 5.49. The van der Waals surface area contributed by atoms with Crippen LogP contribution in [-0.2, 0) is 13.0 Å². The fourth-order valence-electron chi connectivity index (χ4n) is 2.62. The Balaban J connectivity index is 1.71. The summed E-state index contributed by atoms with van der Waals surface area (Å²) in [7, 11) is 0. The van der Waals surface area contributed by atoms with Gasteiger partial charge in [0.05, 0.1) is 6.04 Å². The second-order valence-corrected chi connectivity index (χ2v) is 5.30. The Morgan fingerprint density at radius 1 is 1.30 bits per heavy atom. The van der Waals surface area contributed by atoms with Crippen molar-refractivity contribution in [2.45, 2.75) is 38.8 Å². The molecular weight excluding hydrogens is 250 g/mol. The quantitative estimate of drug-likeness (QED) is 0.931. The second-order valence-electron chi connectivity index (χ2n) is 5.30. The van der Waals surface area contributed by atoms with E-state index in [4.69, 9.17) is 0 Å². The molecular formula is C16H19N3O. The number of fused-ring (bicyclic) bond motifs is 1. The Hall–Kier alpha value is -2.10. The predicted molar refractivity (Wildman–Crippen MR) is 77.5 cm³/mol. The molecule has 4 heteroatoms. The van der Waals surface area contributed by atoms with Crippen molar-refractivity contribution in [3.8, 4) is 0 Å². The number of hydrogen-bond donors (Lipinski definition) is 1. The summed E-state index contributed by atoms with van der Waals surface area (Å²) in [6.45, 7) is 2.97. The average Bonchev–Trinajstić information content (AvgIpc) is 2.92. The minimum atomic E-state index is -0.0942. The fraction of sp³-hybridized carbons (Fsp3) is 0.375. The Kier molecular flexibility index (Phi) is 3.54. The third-order valence-corrected chi connectivity index (χ3v) is 3.79. The molecule has 0 saturated heterocycles. The van der Waals surface area contributed by atoms with Gasteiger partial charge in [0.15, 0.2) is 0 Å². The van der Waals surface area contributed by atoms with E-state index in [0.717, 1.165) is 24.4 Å². The monoisotopic (exact) mass is 269 g/mol. The molecule has 1 aromatic heterocycles. The van der Waals surface area contributed by atoms with Crippen LogP contribution in [-0.4, -0.2) is 15.5 Å². The first-order chi connectivity index (χ1) is 9.74. The van der Waals surface area contributed by atoms with Crippen molar-refractivity contribution >= 4 is 5.91 Å². The van der Waals surface area contributed by atoms with Crippen LogP contribution in [0.4, 0.5) is 0 Å². The van der Waals surface area contributed by atoms with Crippen LogP contribution in [0, 0.1) is 0 Å². The van der Waals surface area contributed by atoms with Crippen LogP contribution in [0.1, 0.15) is 47.7 Å². The number of amides is 1. The highest BCUT2D eigenvalue weighted by molar-refractivity contribution is 5.92. The molecule has 1 unspecified atom stereocenters. The minimum Gasteiger partial charge on any atom is -0.344 e. The van der Waals surface area contributed by atoms with Gasteiger partial charge in [0.25, 0.3) is 5.91 Å². The van der Waals surface area contributed by atoms with E-state index in [1.165, 1.54) is 12.8 Å². The molecule has 2 aromatic rings. The maximum absolute atomic E-state index is 12.3. The summed E-state index contributed by atoms with van der Waals surface area (Å²) in [6, 6.07) is 9.96. The molecule has 0 saturated carbocycles. The van der Waals surface area contributed by atoms with E-state index in [0.29, 0.717) is 5.69 Å². The van der Waals surface area contributed by atoms with Crippen LogP contribution in [0.3, 0.4) is 0 Å². The lowest BCUT2D eigenvalue weighted by molar-refractivity contribution is 0.0935. The van der Waals surface area contributed by atoms with Gasteiger partial charge in [0.2, 0.25) is 0 Å². The van der Waals surface area contributed by atoms with Crippen LogP contribution < -0.4 is 5.32 Å². The van der Waals surface area contributed by atoms with Gasteiger partial charge in [-0.25, -0.2) is 4.98 Å². The molecule has 1 amide bonds. The largest absolute Gasteiger partial charge is 0.344 e. The lowest BCUT2D eigenvalue weighted by Crippen LogP contribution is -2.26. The topological polar surface area (TPSA) is 46.9 Å². The van der Waals surface area contributed by atoms with E-state index in [2.05, 4.69) is 14.9 Å². The molecule has 20 heavy (non-hydrogen) atoms. The smallest absolute Gasteiger partial charge is 0.271 e. The highest BCUT2D eigenvalue weighted by Gasteiger charge is 2.18. The number of nitrogens with one attached hydrogen (secondary N) is 1. The maximum Gasteiger partial charge on any atom is 0.271 e. The van der Waals surface area contributed by atoms with Crippen molar-refractivity contribution in [2.75, 3.05) is 0 Å². The molecule has 4 nitrogen and oxygen atoms in total. The Morgan fingerprint density at radius 2 is 2.10 bits per heavy atom. The predicted octanol–water partition coefficient (Wildman–Crippen LogP) is 2.71. The number of aromatic nitrogens is 2. The van der Waals surface area contributed by atoms with Crippen molar-refractivity contribution in [3.63, 3.8) is 0 Å². The van der Waals surface area contributed by atoms with Gasteiger partial charge in [-0.2, -0.15) is 0 Å². The number of nitrogens with zero attached hydrogens (tertiary/aromatic N) is 2. The summed E-state index contributed by atoms with van der Waals surface area (Å²) in [5, 5.41) is 3.01. The third-order valence-electron chi connectivity index (χ3n) is 3.79. The molecule has 0 radical (unpaired) electrons. The first-order valence-corrected chi connectivity index (χ1v) is 7.16. The molecule has 1 N–H and O–H groups in total. The summed E-state index contributed by atoms with van der Waals surface area (Å²) in [5.41, 5.74) is 1.63. The van der Waals surface area contributed by atoms with Gasteiger partial charge in [-0.15, -0.1) is 0 Å². The summed E-state index contributed by atoms with van der Waals surface area (Å²) in [5.74, 6) is 0.942. The standard InChI is InChI=1S/C16H19N3O/c1-12(13-7-3-2-4-8-13)17-16(20)14-11-19-10-6-5-9-15(19)18-14/h2-4,7-8,11-12H,5-6,9-10H2,1H3,(H,17,20). The average molecular weight is 269 g/mol. The van der Waals surface area contributed by atoms with E-state index >= 15 is 0 Å². The molecule has 1 aliphatic rings. The van der Waals surface area contributed by atoms with Gasteiger partial charge < -0.3 is 9.88 Å². The number of rotatable bonds is 3. The van der Waals surface area contributed by atoms with Crippen molar-refractivity contribution in [1.82, 2.24) is 14.9 Å². The van der Waals surface area contributed by atoms with Crippen molar-refractivity contribution in [2.24, 2.45) is 0 Å². The van der Waals surface area contributed by atoms with Gasteiger partial charge in [-0.05, 0) is 25.3 Å². The molecule has 1 aliphatic heterocycles. The lowest BCUT2D eigenvalue weighted by Gasteiger charge is -2.13. The zero-order valence-electron chi connectivity index (χ0n) is 11.7. The normalized spacial score (nSPS) is 15.4. The summed E-state index contributed by atoms with van der Waals surface area (Å²) in [6.07, 6.45) is 5.19. The Morgan fingerprint density at radius 3 is 2.85 bits per heavy atom. The molecule has 3 rings (SSSR count). The van der Waals surface area contributed by atoms with E-state index in [1.54, 1.807) is 0 Å². The molecule has 0 fully saturated rings. The van der Waals surface area contributed by atoms with Gasteiger partial charge in [-0.3, -0.25) is 4.79 Å². The number of hydrogen-bond acceptors (Lipinski definition) is 2. The molecule has 0 aliphatic carbocycles. The summed E-state index contributed by atoms with van der Waals surface area (Å²) < 4.78 is 2.10. The van der Waals surface area contributed by atoms with Gasteiger partial charge >= 0.3 is 0 Å². The molecule has 104 valence electrons. The first kappa shape index (κ1) is 12.9. The highest BCUT2D eigenvalue weighted by atomic mass is 16.2. The molecule has 1 aromatic carbocycles. The number of imidazole rings is 1. The highest BCUT2D eigenvalue weighted by Crippen LogP contribution is 2.16. The minimum absolute atomic E-state index is 0.0116. The van der Waals surface area contributed by atoms with Crippen LogP contribution in [0.25, 0.3) is 0 Å². The van der Waals surface area contributed by atoms with Crippen molar-refractivity contribution in [1.29, 1.82) is 0 Å². The van der Waals surface area contributed by atoms with E-state index in [-0.39, 0.29) is 11.9 Å². The summed E-state index contributed by atoms with van der Waals surface area (Å²) >= 11 is 0. The van der Waals surface area contributed by atoms with E-state index < -0.39 is 0 Å². The molecule has 2 heterocycles. The van der Waals surface area contributed by atoms with Crippen LogP contribution in [0.2, 0.25) is 0 Å². The first-order valence-electron chi connectivity index (χ1n) is 7.16. The number of aryl methyl sites for hydroxylation is 2. The van der Waals surface area contributed by atoms with E-state index in [9.17, 15) is 4.79 Å². The maximum atomic E-state index is 12.3. The lowest BCUT2D eigenvalue weighted by atomic mass is 10.1. The van der Waals surface area contributed by atoms with Crippen LogP contribution in [0.5, 0.6) is 0 Å². The fourth-order valence-corrected chi connectivity index (χ4v) is 2.62. The van der Waals surface area contributed by atoms with Crippen molar-refractivity contribution in [3.05, 3.63) is 53.6 Å². The summed E-state index contributed by atoms with van der Waals surface area (Å²) in [4.78, 5) is 16.7.